The minimum Gasteiger partial charge on any atom is -0.444 e. The third kappa shape index (κ3) is 9.15. The average Bonchev–Trinajstić information content (AvgIpc) is 2.91. The number of nitrogens with one attached hydrogen (secondary N) is 2. The van der Waals surface area contributed by atoms with Crippen LogP contribution in [0, 0.1) is 25.2 Å². The first-order valence-corrected chi connectivity index (χ1v) is 14.1. The van der Waals surface area contributed by atoms with E-state index >= 15 is 0 Å². The Morgan fingerprint density at radius 2 is 1.68 bits per heavy atom. The van der Waals surface area contributed by atoms with Gasteiger partial charge in [0.15, 0.2) is 0 Å². The van der Waals surface area contributed by atoms with Crippen LogP contribution in [0.3, 0.4) is 0 Å². The number of aryl methyl sites for hydroxylation is 1. The molecule has 2 aromatic carbocycles. The van der Waals surface area contributed by atoms with Crippen molar-refractivity contribution < 1.29 is 19.1 Å². The van der Waals surface area contributed by atoms with Gasteiger partial charge in [0.2, 0.25) is 5.91 Å². The molecule has 7 nitrogen and oxygen atoms in total. The van der Waals surface area contributed by atoms with Crippen LogP contribution in [0.1, 0.15) is 90.0 Å². The zero-order valence-electron chi connectivity index (χ0n) is 25.0. The number of ether oxygens (including phenoxy) is 1. The summed E-state index contributed by atoms with van der Waals surface area (Å²) in [5, 5.41) is 5.83. The average molecular weight is 548 g/mol. The van der Waals surface area contributed by atoms with Crippen LogP contribution in [-0.2, 0) is 14.3 Å². The molecule has 0 aromatic heterocycles. The van der Waals surface area contributed by atoms with E-state index in [9.17, 15) is 14.4 Å². The highest BCUT2D eigenvalue weighted by atomic mass is 16.6. The number of hydrogen-bond acceptors (Lipinski definition) is 4. The monoisotopic (exact) mass is 547 g/mol. The van der Waals surface area contributed by atoms with Gasteiger partial charge < -0.3 is 20.3 Å². The van der Waals surface area contributed by atoms with Crippen molar-refractivity contribution in [1.29, 1.82) is 0 Å². The van der Waals surface area contributed by atoms with Crippen molar-refractivity contribution >= 4 is 23.6 Å². The lowest BCUT2D eigenvalue weighted by Gasteiger charge is -2.36. The third-order valence-corrected chi connectivity index (χ3v) is 6.81. The van der Waals surface area contributed by atoms with Gasteiger partial charge in [-0.2, -0.15) is 0 Å². The van der Waals surface area contributed by atoms with Crippen molar-refractivity contribution in [2.24, 2.45) is 5.92 Å². The van der Waals surface area contributed by atoms with Crippen molar-refractivity contribution in [3.63, 3.8) is 0 Å². The maximum absolute atomic E-state index is 14.4. The molecule has 0 saturated heterocycles. The molecule has 2 rings (SSSR count). The minimum atomic E-state index is -1.01. The van der Waals surface area contributed by atoms with Crippen LogP contribution < -0.4 is 10.6 Å². The van der Waals surface area contributed by atoms with Gasteiger partial charge in [-0.3, -0.25) is 9.59 Å². The molecule has 0 bridgehead atoms. The number of benzene rings is 2. The Morgan fingerprint density at radius 3 is 2.27 bits per heavy atom. The quantitative estimate of drug-likeness (QED) is 0.231. The van der Waals surface area contributed by atoms with E-state index in [1.54, 1.807) is 37.8 Å². The molecular formula is C33H45N3O4. The van der Waals surface area contributed by atoms with Gasteiger partial charge in [0.1, 0.15) is 17.7 Å². The Labute approximate surface area is 240 Å². The van der Waals surface area contributed by atoms with Crippen LogP contribution in [0.15, 0.2) is 48.5 Å². The van der Waals surface area contributed by atoms with Gasteiger partial charge in [0.05, 0.1) is 0 Å². The molecule has 0 spiro atoms. The normalized spacial score (nSPS) is 13.3. The van der Waals surface area contributed by atoms with E-state index in [-0.39, 0.29) is 17.7 Å². The van der Waals surface area contributed by atoms with Crippen molar-refractivity contribution in [2.75, 3.05) is 11.9 Å². The maximum atomic E-state index is 14.4. The number of carbonyl (C=O) groups is 3. The Kier molecular flexibility index (Phi) is 12.3. The van der Waals surface area contributed by atoms with E-state index in [1.807, 2.05) is 57.2 Å². The van der Waals surface area contributed by atoms with Gasteiger partial charge in [0.25, 0.3) is 5.91 Å². The molecule has 3 unspecified atom stereocenters. The summed E-state index contributed by atoms with van der Waals surface area (Å²) in [6.07, 6.45) is 8.32. The largest absolute Gasteiger partial charge is 0.444 e. The number of amides is 3. The number of unbranched alkanes of at least 4 members (excludes halogenated alkanes) is 2. The third-order valence-electron chi connectivity index (χ3n) is 6.81. The fraction of sp³-hybridized carbons (Fsp3) is 0.485. The number of anilines is 1. The second-order valence-corrected chi connectivity index (χ2v) is 11.2. The summed E-state index contributed by atoms with van der Waals surface area (Å²) < 4.78 is 5.49. The van der Waals surface area contributed by atoms with Crippen LogP contribution >= 0.6 is 0 Å². The second kappa shape index (κ2) is 15.1. The Balaban J connectivity index is 2.63. The Bertz CT molecular complexity index is 1190. The second-order valence-electron chi connectivity index (χ2n) is 11.2. The lowest BCUT2D eigenvalue weighted by Crippen LogP contribution is -2.55. The van der Waals surface area contributed by atoms with Gasteiger partial charge in [-0.15, -0.1) is 6.42 Å². The summed E-state index contributed by atoms with van der Waals surface area (Å²) in [7, 11) is 0. The number of nitrogens with zero attached hydrogens (tertiary/aromatic N) is 1. The zero-order valence-corrected chi connectivity index (χ0v) is 25.0. The number of alkyl carbamates (subject to hydrolysis) is 1. The van der Waals surface area contributed by atoms with Gasteiger partial charge in [-0.25, -0.2) is 4.79 Å². The lowest BCUT2D eigenvalue weighted by molar-refractivity contribution is -0.142. The van der Waals surface area contributed by atoms with E-state index in [1.165, 1.54) is 0 Å². The molecule has 0 aliphatic heterocycles. The number of hydrogen-bond donors (Lipinski definition) is 2. The summed E-state index contributed by atoms with van der Waals surface area (Å²) in [6.45, 7) is 13.5. The van der Waals surface area contributed by atoms with E-state index in [0.717, 1.165) is 18.4 Å². The summed E-state index contributed by atoms with van der Waals surface area (Å²) >= 11 is 0. The molecule has 0 aliphatic carbocycles. The summed E-state index contributed by atoms with van der Waals surface area (Å²) in [6, 6.07) is 12.8. The predicted molar refractivity (Wildman–Crippen MR) is 161 cm³/mol. The Hall–Kier alpha value is -3.79. The van der Waals surface area contributed by atoms with Crippen LogP contribution in [0.2, 0.25) is 0 Å². The predicted octanol–water partition coefficient (Wildman–Crippen LogP) is 6.61. The molecule has 0 saturated carbocycles. The lowest BCUT2D eigenvalue weighted by atomic mass is 9.93. The highest BCUT2D eigenvalue weighted by Crippen LogP contribution is 2.29. The molecule has 0 radical (unpaired) electrons. The van der Waals surface area contributed by atoms with Crippen molar-refractivity contribution in [2.45, 2.75) is 91.8 Å². The molecule has 3 amide bonds. The standard InChI is InChI=1S/C33H45N3O4/c1-9-12-17-22-36(31(38)28(23(4)10-2)35-32(39)40-33(6,7)8)29(26-20-15-14-19-25(26)11-3)30(37)34-27-21-16-13-18-24(27)5/h3,13-16,18-21,23,28-29H,9-10,12,17,22H2,1-2,4-8H3,(H,34,37)(H,35,39). The Morgan fingerprint density at radius 1 is 1.02 bits per heavy atom. The first-order chi connectivity index (χ1) is 18.9. The summed E-state index contributed by atoms with van der Waals surface area (Å²) in [5.74, 6) is 1.74. The van der Waals surface area contributed by atoms with Gasteiger partial charge in [-0.05, 0) is 63.3 Å². The van der Waals surface area contributed by atoms with Crippen LogP contribution in [0.25, 0.3) is 0 Å². The number of rotatable bonds is 12. The highest BCUT2D eigenvalue weighted by Gasteiger charge is 2.38. The van der Waals surface area contributed by atoms with Gasteiger partial charge in [-0.1, -0.05) is 82.4 Å². The van der Waals surface area contributed by atoms with E-state index in [0.29, 0.717) is 36.2 Å². The topological polar surface area (TPSA) is 87.7 Å². The van der Waals surface area contributed by atoms with Crippen molar-refractivity contribution in [3.8, 4) is 12.3 Å². The van der Waals surface area contributed by atoms with Crippen LogP contribution in [0.5, 0.6) is 0 Å². The van der Waals surface area contributed by atoms with Crippen molar-refractivity contribution in [1.82, 2.24) is 10.2 Å². The fourth-order valence-electron chi connectivity index (χ4n) is 4.43. The molecule has 2 aromatic rings. The number of terminal acetylenes is 1. The molecule has 216 valence electrons. The SMILES string of the molecule is C#Cc1ccccc1C(C(=O)Nc1ccccc1C)N(CCCCC)C(=O)C(NC(=O)OC(C)(C)C)C(C)CC. The molecule has 3 atom stereocenters. The first kappa shape index (κ1) is 32.4. The molecular weight excluding hydrogens is 502 g/mol. The van der Waals surface area contributed by atoms with Crippen LogP contribution in [-0.4, -0.2) is 41.0 Å². The molecule has 0 fully saturated rings. The van der Waals surface area contributed by atoms with Gasteiger partial charge in [0, 0.05) is 17.8 Å². The maximum Gasteiger partial charge on any atom is 0.408 e. The highest BCUT2D eigenvalue weighted by molar-refractivity contribution is 5.99. The van der Waals surface area contributed by atoms with E-state index in [2.05, 4.69) is 23.5 Å². The minimum absolute atomic E-state index is 0.211. The fourth-order valence-corrected chi connectivity index (χ4v) is 4.43. The summed E-state index contributed by atoms with van der Waals surface area (Å²) in [4.78, 5) is 42.9. The molecule has 7 heteroatoms. The van der Waals surface area contributed by atoms with Crippen molar-refractivity contribution in [3.05, 3.63) is 65.2 Å². The molecule has 0 heterocycles. The number of carbonyl (C=O) groups excluding carboxylic acids is 3. The van der Waals surface area contributed by atoms with E-state index in [4.69, 9.17) is 11.2 Å². The zero-order chi connectivity index (χ0) is 29.9. The molecule has 40 heavy (non-hydrogen) atoms. The smallest absolute Gasteiger partial charge is 0.408 e. The van der Waals surface area contributed by atoms with Crippen LogP contribution in [0.4, 0.5) is 10.5 Å². The first-order valence-electron chi connectivity index (χ1n) is 14.1. The summed E-state index contributed by atoms with van der Waals surface area (Å²) in [5.41, 5.74) is 1.91. The molecule has 2 N–H and O–H groups in total. The van der Waals surface area contributed by atoms with E-state index < -0.39 is 23.8 Å². The molecule has 0 aliphatic rings. The van der Waals surface area contributed by atoms with Gasteiger partial charge >= 0.3 is 6.09 Å². The number of para-hydroxylation sites is 1.